The zero-order chi connectivity index (χ0) is 23.7. The Labute approximate surface area is 190 Å². The van der Waals surface area contributed by atoms with Gasteiger partial charge in [-0.25, -0.2) is 4.68 Å². The first-order valence-electron chi connectivity index (χ1n) is 10.1. The molecule has 0 saturated carbocycles. The van der Waals surface area contributed by atoms with Crippen LogP contribution in [0.3, 0.4) is 0 Å². The van der Waals surface area contributed by atoms with Gasteiger partial charge in [-0.3, -0.25) is 4.79 Å². The Morgan fingerprint density at radius 2 is 1.64 bits per heavy atom. The fourth-order valence-corrected chi connectivity index (χ4v) is 3.86. The highest BCUT2D eigenvalue weighted by Crippen LogP contribution is 2.39. The van der Waals surface area contributed by atoms with Crippen LogP contribution in [-0.4, -0.2) is 49.1 Å². The molecule has 2 heterocycles. The van der Waals surface area contributed by atoms with Crippen LogP contribution in [0, 0.1) is 0 Å². The van der Waals surface area contributed by atoms with Crippen molar-refractivity contribution in [3.05, 3.63) is 53.2 Å². The van der Waals surface area contributed by atoms with Crippen LogP contribution in [0.2, 0.25) is 0 Å². The zero-order valence-corrected chi connectivity index (χ0v) is 19.0. The Balaban J connectivity index is 1.88. The molecule has 10 nitrogen and oxygen atoms in total. The molecule has 3 aromatic rings. The minimum atomic E-state index is -0.618. The summed E-state index contributed by atoms with van der Waals surface area (Å²) < 4.78 is 23.2. The van der Waals surface area contributed by atoms with E-state index in [1.807, 2.05) is 18.2 Å². The summed E-state index contributed by atoms with van der Waals surface area (Å²) in [5.74, 6) is 2.63. The third-order valence-corrected chi connectivity index (χ3v) is 5.45. The summed E-state index contributed by atoms with van der Waals surface area (Å²) in [6.07, 6.45) is 0. The van der Waals surface area contributed by atoms with Crippen LogP contribution in [0.4, 0.5) is 5.95 Å². The average Bonchev–Trinajstić information content (AvgIpc) is 3.25. The van der Waals surface area contributed by atoms with E-state index in [2.05, 4.69) is 10.3 Å². The number of hydrogen-bond acceptors (Lipinski definition) is 8. The lowest BCUT2D eigenvalue weighted by Gasteiger charge is -2.28. The van der Waals surface area contributed by atoms with Crippen LogP contribution in [0.1, 0.15) is 18.5 Å². The number of rotatable bonds is 7. The SMILES string of the molecule is COc1cc(OC)cc(-c2nc3n(n2)C(c2ccc(OC)c(OC)c2)C(C(N)=O)=C(C)N3)c1. The van der Waals surface area contributed by atoms with E-state index in [4.69, 9.17) is 29.8 Å². The molecule has 3 N–H and O–H groups in total. The van der Waals surface area contributed by atoms with Crippen LogP contribution in [0.25, 0.3) is 11.4 Å². The standard InChI is InChI=1S/C23H25N5O5/c1-12-19(21(24)29)20(13-6-7-17(32-4)18(10-13)33-5)28-23(25-12)26-22(27-28)14-8-15(30-2)11-16(9-14)31-3/h6-11,20H,1-5H3,(H2,24,29)(H,25,26,27). The van der Waals surface area contributed by atoms with Crippen LogP contribution in [-0.2, 0) is 4.79 Å². The predicted molar refractivity (Wildman–Crippen MR) is 122 cm³/mol. The second-order valence-corrected chi connectivity index (χ2v) is 7.35. The number of ether oxygens (including phenoxy) is 4. The molecule has 172 valence electrons. The lowest BCUT2D eigenvalue weighted by atomic mass is 9.95. The van der Waals surface area contributed by atoms with E-state index in [0.717, 1.165) is 5.56 Å². The van der Waals surface area contributed by atoms with Crippen LogP contribution in [0.5, 0.6) is 23.0 Å². The summed E-state index contributed by atoms with van der Waals surface area (Å²) in [6, 6.07) is 10.2. The Morgan fingerprint density at radius 1 is 0.970 bits per heavy atom. The van der Waals surface area contributed by atoms with Crippen molar-refractivity contribution in [3.8, 4) is 34.4 Å². The summed E-state index contributed by atoms with van der Waals surface area (Å²) in [6.45, 7) is 1.78. The fourth-order valence-electron chi connectivity index (χ4n) is 3.86. The molecule has 0 radical (unpaired) electrons. The molecule has 0 aliphatic carbocycles. The molecule has 33 heavy (non-hydrogen) atoms. The number of amides is 1. The van der Waals surface area contributed by atoms with E-state index in [1.165, 1.54) is 0 Å². The number of allylic oxidation sites excluding steroid dienone is 1. The van der Waals surface area contributed by atoms with E-state index < -0.39 is 11.9 Å². The third-order valence-electron chi connectivity index (χ3n) is 5.45. The molecule has 1 aliphatic heterocycles. The van der Waals surface area contributed by atoms with Gasteiger partial charge in [0.25, 0.3) is 0 Å². The molecule has 1 aliphatic rings. The van der Waals surface area contributed by atoms with Crippen molar-refractivity contribution in [1.29, 1.82) is 0 Å². The molecule has 0 spiro atoms. The number of primary amides is 1. The van der Waals surface area contributed by atoms with Crippen molar-refractivity contribution in [1.82, 2.24) is 14.8 Å². The molecule has 0 fully saturated rings. The van der Waals surface area contributed by atoms with Crippen molar-refractivity contribution >= 4 is 11.9 Å². The van der Waals surface area contributed by atoms with E-state index in [-0.39, 0.29) is 0 Å². The van der Waals surface area contributed by atoms with Crippen molar-refractivity contribution in [2.75, 3.05) is 33.8 Å². The van der Waals surface area contributed by atoms with Crippen molar-refractivity contribution in [2.24, 2.45) is 5.73 Å². The van der Waals surface area contributed by atoms with Crippen LogP contribution in [0.15, 0.2) is 47.7 Å². The highest BCUT2D eigenvalue weighted by Gasteiger charge is 2.34. The monoisotopic (exact) mass is 451 g/mol. The minimum absolute atomic E-state index is 0.370. The number of carbonyl (C=O) groups excluding carboxylic acids is 1. The minimum Gasteiger partial charge on any atom is -0.497 e. The number of anilines is 1. The highest BCUT2D eigenvalue weighted by molar-refractivity contribution is 5.95. The quantitative estimate of drug-likeness (QED) is 0.562. The van der Waals surface area contributed by atoms with Gasteiger partial charge in [0.1, 0.15) is 17.5 Å². The summed E-state index contributed by atoms with van der Waals surface area (Å²) in [5, 5.41) is 7.85. The number of hydrogen-bond donors (Lipinski definition) is 2. The number of fused-ring (bicyclic) bond motifs is 1. The second-order valence-electron chi connectivity index (χ2n) is 7.35. The molecule has 1 aromatic heterocycles. The topological polar surface area (TPSA) is 123 Å². The summed E-state index contributed by atoms with van der Waals surface area (Å²) >= 11 is 0. The summed E-state index contributed by atoms with van der Waals surface area (Å²) in [5.41, 5.74) is 8.17. The molecular weight excluding hydrogens is 426 g/mol. The van der Waals surface area contributed by atoms with Gasteiger partial charge in [0.2, 0.25) is 11.9 Å². The van der Waals surface area contributed by atoms with Gasteiger partial charge in [0.15, 0.2) is 17.3 Å². The number of nitrogens with one attached hydrogen (secondary N) is 1. The van der Waals surface area contributed by atoms with Crippen molar-refractivity contribution in [2.45, 2.75) is 13.0 Å². The van der Waals surface area contributed by atoms with Crippen LogP contribution >= 0.6 is 0 Å². The third kappa shape index (κ3) is 3.91. The Bertz CT molecular complexity index is 1230. The number of methoxy groups -OCH3 is 4. The van der Waals surface area contributed by atoms with Crippen molar-refractivity contribution in [3.63, 3.8) is 0 Å². The maximum Gasteiger partial charge on any atom is 0.248 e. The maximum atomic E-state index is 12.5. The van der Waals surface area contributed by atoms with Crippen LogP contribution < -0.4 is 30.0 Å². The first kappa shape index (κ1) is 22.0. The van der Waals surface area contributed by atoms with Crippen molar-refractivity contribution < 1.29 is 23.7 Å². The molecule has 1 amide bonds. The van der Waals surface area contributed by atoms with E-state index in [1.54, 1.807) is 58.2 Å². The van der Waals surface area contributed by atoms with Gasteiger partial charge in [-0.1, -0.05) is 6.07 Å². The zero-order valence-electron chi connectivity index (χ0n) is 19.0. The predicted octanol–water partition coefficient (Wildman–Crippen LogP) is 2.75. The fraction of sp³-hybridized carbons (Fsp3) is 0.261. The number of nitrogens with zero attached hydrogens (tertiary/aromatic N) is 3. The lowest BCUT2D eigenvalue weighted by Crippen LogP contribution is -2.31. The lowest BCUT2D eigenvalue weighted by molar-refractivity contribution is -0.115. The number of benzene rings is 2. The molecule has 10 heteroatoms. The van der Waals surface area contributed by atoms with E-state index in [9.17, 15) is 4.79 Å². The second kappa shape index (κ2) is 8.73. The van der Waals surface area contributed by atoms with Gasteiger partial charge in [-0.15, -0.1) is 5.10 Å². The Kier molecular flexibility index (Phi) is 5.82. The molecule has 0 saturated heterocycles. The van der Waals surface area contributed by atoms with Gasteiger partial charge < -0.3 is 30.0 Å². The van der Waals surface area contributed by atoms with Gasteiger partial charge in [0, 0.05) is 17.3 Å². The Morgan fingerprint density at radius 3 is 2.21 bits per heavy atom. The first-order valence-corrected chi connectivity index (χ1v) is 10.1. The molecular formula is C23H25N5O5. The van der Waals surface area contributed by atoms with Gasteiger partial charge in [-0.2, -0.15) is 4.98 Å². The Hall–Kier alpha value is -4.21. The van der Waals surface area contributed by atoms with Gasteiger partial charge in [-0.05, 0) is 36.8 Å². The molecule has 0 bridgehead atoms. The molecule has 2 aromatic carbocycles. The summed E-state index contributed by atoms with van der Waals surface area (Å²) in [4.78, 5) is 17.1. The number of carbonyl (C=O) groups is 1. The molecule has 4 rings (SSSR count). The molecule has 1 unspecified atom stereocenters. The number of aromatic nitrogens is 3. The average molecular weight is 451 g/mol. The van der Waals surface area contributed by atoms with E-state index >= 15 is 0 Å². The number of nitrogens with two attached hydrogens (primary N) is 1. The van der Waals surface area contributed by atoms with Gasteiger partial charge >= 0.3 is 0 Å². The summed E-state index contributed by atoms with van der Waals surface area (Å²) in [7, 11) is 6.26. The molecule has 1 atom stereocenters. The normalized spacial score (nSPS) is 14.9. The van der Waals surface area contributed by atoms with E-state index in [0.29, 0.717) is 51.6 Å². The van der Waals surface area contributed by atoms with Gasteiger partial charge in [0.05, 0.1) is 34.0 Å². The first-order chi connectivity index (χ1) is 15.9. The maximum absolute atomic E-state index is 12.5. The highest BCUT2D eigenvalue weighted by atomic mass is 16.5. The largest absolute Gasteiger partial charge is 0.497 e. The smallest absolute Gasteiger partial charge is 0.248 e.